The SMILES string of the molecule is Cc1nc(S(=O)(=O)N2CCC(C(=O)OCC(=O)NCC3(c4ccccc4)CCC3)CC2)cn1C. The number of benzene rings is 1. The molecule has 1 aliphatic heterocycles. The summed E-state index contributed by atoms with van der Waals surface area (Å²) in [6, 6.07) is 10.2. The molecule has 184 valence electrons. The molecule has 0 radical (unpaired) electrons. The Morgan fingerprint density at radius 3 is 2.41 bits per heavy atom. The second-order valence-electron chi connectivity index (χ2n) is 9.30. The van der Waals surface area contributed by atoms with Gasteiger partial charge in [0.15, 0.2) is 11.6 Å². The molecule has 1 aromatic heterocycles. The highest BCUT2D eigenvalue weighted by molar-refractivity contribution is 7.89. The number of aromatic nitrogens is 2. The number of piperidine rings is 1. The van der Waals surface area contributed by atoms with Crippen LogP contribution in [0.15, 0.2) is 41.6 Å². The predicted molar refractivity (Wildman–Crippen MR) is 125 cm³/mol. The van der Waals surface area contributed by atoms with Gasteiger partial charge in [0.2, 0.25) is 0 Å². The first kappa shape index (κ1) is 24.4. The molecule has 1 N–H and O–H groups in total. The first-order valence-corrected chi connectivity index (χ1v) is 13.1. The van der Waals surface area contributed by atoms with Gasteiger partial charge >= 0.3 is 5.97 Å². The number of nitrogens with zero attached hydrogens (tertiary/aromatic N) is 3. The van der Waals surface area contributed by atoms with Crippen LogP contribution in [0, 0.1) is 12.8 Å². The molecule has 34 heavy (non-hydrogen) atoms. The zero-order valence-electron chi connectivity index (χ0n) is 19.7. The zero-order chi connectivity index (χ0) is 24.3. The molecule has 2 heterocycles. The van der Waals surface area contributed by atoms with Crippen LogP contribution >= 0.6 is 0 Å². The van der Waals surface area contributed by atoms with Gasteiger partial charge in [0.05, 0.1) is 5.92 Å². The predicted octanol–water partition coefficient (Wildman–Crippen LogP) is 1.91. The summed E-state index contributed by atoms with van der Waals surface area (Å²) in [4.78, 5) is 28.9. The Morgan fingerprint density at radius 2 is 1.85 bits per heavy atom. The van der Waals surface area contributed by atoms with E-state index in [9.17, 15) is 18.0 Å². The van der Waals surface area contributed by atoms with Crippen molar-refractivity contribution in [1.29, 1.82) is 0 Å². The Balaban J connectivity index is 1.22. The Morgan fingerprint density at radius 1 is 1.18 bits per heavy atom. The lowest BCUT2D eigenvalue weighted by Gasteiger charge is -2.42. The third kappa shape index (κ3) is 5.02. The van der Waals surface area contributed by atoms with E-state index in [4.69, 9.17) is 4.74 Å². The van der Waals surface area contributed by atoms with Crippen LogP contribution in [0.5, 0.6) is 0 Å². The summed E-state index contributed by atoms with van der Waals surface area (Å²) >= 11 is 0. The van der Waals surface area contributed by atoms with Gasteiger partial charge in [-0.3, -0.25) is 9.59 Å². The van der Waals surface area contributed by atoms with Crippen molar-refractivity contribution in [3.8, 4) is 0 Å². The maximum atomic E-state index is 12.8. The molecule has 0 atom stereocenters. The number of ether oxygens (including phenoxy) is 1. The topological polar surface area (TPSA) is 111 Å². The Labute approximate surface area is 200 Å². The number of carbonyl (C=O) groups is 2. The normalized spacial score (nSPS) is 18.8. The summed E-state index contributed by atoms with van der Waals surface area (Å²) in [6.45, 7) is 2.37. The van der Waals surface area contributed by atoms with Crippen molar-refractivity contribution in [2.24, 2.45) is 13.0 Å². The van der Waals surface area contributed by atoms with E-state index in [1.54, 1.807) is 18.5 Å². The number of esters is 1. The van der Waals surface area contributed by atoms with Crippen LogP contribution in [0.3, 0.4) is 0 Å². The summed E-state index contributed by atoms with van der Waals surface area (Å²) < 4.78 is 33.9. The zero-order valence-corrected chi connectivity index (χ0v) is 20.5. The van der Waals surface area contributed by atoms with Gasteiger partial charge in [0.25, 0.3) is 15.9 Å². The fourth-order valence-electron chi connectivity index (χ4n) is 4.65. The van der Waals surface area contributed by atoms with Crippen molar-refractivity contribution in [2.45, 2.75) is 49.5 Å². The molecule has 1 aromatic carbocycles. The van der Waals surface area contributed by atoms with E-state index < -0.39 is 21.9 Å². The molecule has 2 aliphatic rings. The lowest BCUT2D eigenvalue weighted by atomic mass is 9.64. The molecule has 1 aliphatic carbocycles. The second-order valence-corrected chi connectivity index (χ2v) is 11.2. The van der Waals surface area contributed by atoms with Crippen molar-refractivity contribution in [3.63, 3.8) is 0 Å². The molecule has 0 bridgehead atoms. The number of sulfonamides is 1. The molecule has 10 heteroatoms. The first-order valence-electron chi connectivity index (χ1n) is 11.7. The average Bonchev–Trinajstić information content (AvgIpc) is 3.16. The number of amides is 1. The van der Waals surface area contributed by atoms with E-state index in [2.05, 4.69) is 22.4 Å². The number of aryl methyl sites for hydroxylation is 2. The molecule has 0 unspecified atom stereocenters. The lowest BCUT2D eigenvalue weighted by Crippen LogP contribution is -2.46. The standard InChI is InChI=1S/C24H32N4O5S/c1-18-26-22(15-27(18)2)34(31,32)28-13-9-19(10-14-28)23(30)33-16-21(29)25-17-24(11-6-12-24)20-7-4-3-5-8-20/h3-5,7-8,15,19H,6,9-14,16-17H2,1-2H3,(H,25,29). The van der Waals surface area contributed by atoms with E-state index >= 15 is 0 Å². The van der Waals surface area contributed by atoms with Crippen LogP contribution in [0.2, 0.25) is 0 Å². The molecular formula is C24H32N4O5S. The van der Waals surface area contributed by atoms with Crippen LogP contribution in [0.25, 0.3) is 0 Å². The van der Waals surface area contributed by atoms with Crippen LogP contribution < -0.4 is 5.32 Å². The third-order valence-electron chi connectivity index (χ3n) is 7.14. The fourth-order valence-corrected chi connectivity index (χ4v) is 6.15. The van der Waals surface area contributed by atoms with Gasteiger partial charge in [-0.1, -0.05) is 36.8 Å². The van der Waals surface area contributed by atoms with Gasteiger partial charge in [-0.05, 0) is 38.2 Å². The van der Waals surface area contributed by atoms with Crippen LogP contribution in [0.1, 0.15) is 43.5 Å². The van der Waals surface area contributed by atoms with Gasteiger partial charge in [0, 0.05) is 38.3 Å². The van der Waals surface area contributed by atoms with Crippen molar-refractivity contribution in [2.75, 3.05) is 26.2 Å². The van der Waals surface area contributed by atoms with Crippen LogP contribution in [-0.4, -0.2) is 60.4 Å². The van der Waals surface area contributed by atoms with Gasteiger partial charge in [0.1, 0.15) is 5.82 Å². The van der Waals surface area contributed by atoms with Crippen LogP contribution in [0.4, 0.5) is 0 Å². The molecule has 9 nitrogen and oxygen atoms in total. The number of hydrogen-bond donors (Lipinski definition) is 1. The highest BCUT2D eigenvalue weighted by Gasteiger charge is 2.39. The van der Waals surface area contributed by atoms with E-state index in [0.717, 1.165) is 19.3 Å². The Kier molecular flexibility index (Phi) is 7.09. The quantitative estimate of drug-likeness (QED) is 0.569. The van der Waals surface area contributed by atoms with Crippen molar-refractivity contribution >= 4 is 21.9 Å². The van der Waals surface area contributed by atoms with E-state index in [0.29, 0.717) is 25.2 Å². The summed E-state index contributed by atoms with van der Waals surface area (Å²) in [5.74, 6) is -0.585. The number of imidazole rings is 1. The molecule has 2 fully saturated rings. The average molecular weight is 489 g/mol. The van der Waals surface area contributed by atoms with Gasteiger partial charge < -0.3 is 14.6 Å². The minimum absolute atomic E-state index is 0.0185. The molecule has 0 spiro atoms. The molecule has 4 rings (SSSR count). The Hall–Kier alpha value is -2.72. The largest absolute Gasteiger partial charge is 0.455 e. The highest BCUT2D eigenvalue weighted by atomic mass is 32.2. The van der Waals surface area contributed by atoms with Crippen LogP contribution in [-0.2, 0) is 36.8 Å². The second kappa shape index (κ2) is 9.87. The number of rotatable bonds is 8. The molecule has 1 saturated carbocycles. The Bertz CT molecular complexity index is 1110. The first-order chi connectivity index (χ1) is 16.2. The van der Waals surface area contributed by atoms with Crippen molar-refractivity contribution < 1.29 is 22.7 Å². The third-order valence-corrected chi connectivity index (χ3v) is 8.91. The van der Waals surface area contributed by atoms with Gasteiger partial charge in [-0.15, -0.1) is 0 Å². The summed E-state index contributed by atoms with van der Waals surface area (Å²) in [7, 11) is -1.95. The maximum absolute atomic E-state index is 12.8. The fraction of sp³-hybridized carbons (Fsp3) is 0.542. The highest BCUT2D eigenvalue weighted by Crippen LogP contribution is 2.43. The van der Waals surface area contributed by atoms with E-state index in [-0.39, 0.29) is 36.0 Å². The van der Waals surface area contributed by atoms with E-state index in [1.807, 2.05) is 18.2 Å². The summed E-state index contributed by atoms with van der Waals surface area (Å²) in [5.41, 5.74) is 1.19. The summed E-state index contributed by atoms with van der Waals surface area (Å²) in [6.07, 6.45) is 5.38. The van der Waals surface area contributed by atoms with E-state index in [1.165, 1.54) is 16.1 Å². The van der Waals surface area contributed by atoms with Gasteiger partial charge in [-0.2, -0.15) is 4.31 Å². The number of nitrogens with one attached hydrogen (secondary N) is 1. The van der Waals surface area contributed by atoms with Crippen molar-refractivity contribution in [3.05, 3.63) is 47.9 Å². The number of carbonyl (C=O) groups excluding carboxylic acids is 2. The molecule has 1 saturated heterocycles. The van der Waals surface area contributed by atoms with Crippen molar-refractivity contribution in [1.82, 2.24) is 19.2 Å². The number of hydrogen-bond acceptors (Lipinski definition) is 6. The minimum Gasteiger partial charge on any atom is -0.455 e. The van der Waals surface area contributed by atoms with Gasteiger partial charge in [-0.25, -0.2) is 13.4 Å². The lowest BCUT2D eigenvalue weighted by molar-refractivity contribution is -0.153. The monoisotopic (exact) mass is 488 g/mol. The molecule has 2 aromatic rings. The molecular weight excluding hydrogens is 456 g/mol. The smallest absolute Gasteiger partial charge is 0.309 e. The minimum atomic E-state index is -3.69. The molecule has 1 amide bonds. The summed E-state index contributed by atoms with van der Waals surface area (Å²) in [5, 5.41) is 2.94. The maximum Gasteiger partial charge on any atom is 0.309 e.